The van der Waals surface area contributed by atoms with Crippen LogP contribution < -0.4 is 0 Å². The first-order chi connectivity index (χ1) is 12.7. The summed E-state index contributed by atoms with van der Waals surface area (Å²) in [7, 11) is 0. The molecular weight excluding hydrogens is 348 g/mol. The van der Waals surface area contributed by atoms with E-state index < -0.39 is 42.9 Å². The number of allylic oxidation sites excluding steroid dienone is 3. The summed E-state index contributed by atoms with van der Waals surface area (Å²) in [5.74, 6) is 0.925. The highest BCUT2D eigenvalue weighted by molar-refractivity contribution is 5.08. The van der Waals surface area contributed by atoms with Gasteiger partial charge in [0.25, 0.3) is 0 Å². The first kappa shape index (κ1) is 22.5. The van der Waals surface area contributed by atoms with Crippen molar-refractivity contribution < 1.29 is 29.9 Å². The van der Waals surface area contributed by atoms with E-state index in [0.29, 0.717) is 18.3 Å². The minimum absolute atomic E-state index is 0.421. The quantitative estimate of drug-likeness (QED) is 0.553. The Bertz CT molecular complexity index is 529. The smallest absolute Gasteiger partial charge is 0.187 e. The van der Waals surface area contributed by atoms with Crippen LogP contribution >= 0.6 is 0 Å². The second kappa shape index (κ2) is 9.63. The fourth-order valence-electron chi connectivity index (χ4n) is 3.69. The molecule has 0 aromatic carbocycles. The zero-order chi connectivity index (χ0) is 20.2. The van der Waals surface area contributed by atoms with Crippen molar-refractivity contribution in [2.45, 2.75) is 89.7 Å². The predicted molar refractivity (Wildman–Crippen MR) is 103 cm³/mol. The molecule has 1 heterocycles. The first-order valence-corrected chi connectivity index (χ1v) is 10.00. The maximum atomic E-state index is 10.3. The summed E-state index contributed by atoms with van der Waals surface area (Å²) in [6.07, 6.45) is 3.84. The average molecular weight is 385 g/mol. The molecule has 0 amide bonds. The minimum Gasteiger partial charge on any atom is -0.394 e. The van der Waals surface area contributed by atoms with Crippen LogP contribution in [0.1, 0.15) is 53.4 Å². The highest BCUT2D eigenvalue weighted by atomic mass is 16.7. The van der Waals surface area contributed by atoms with Crippen molar-refractivity contribution >= 4 is 0 Å². The summed E-state index contributed by atoms with van der Waals surface area (Å²) in [4.78, 5) is 0. The fourth-order valence-corrected chi connectivity index (χ4v) is 3.69. The second-order valence-corrected chi connectivity index (χ2v) is 8.52. The van der Waals surface area contributed by atoms with Crippen LogP contribution in [0.5, 0.6) is 0 Å². The Kier molecular flexibility index (Phi) is 8.04. The van der Waals surface area contributed by atoms with E-state index in [4.69, 9.17) is 9.47 Å². The summed E-state index contributed by atoms with van der Waals surface area (Å²) < 4.78 is 11.6. The highest BCUT2D eigenvalue weighted by Gasteiger charge is 2.46. The van der Waals surface area contributed by atoms with Gasteiger partial charge in [0.1, 0.15) is 24.4 Å². The lowest BCUT2D eigenvalue weighted by molar-refractivity contribution is -0.319. The molecular formula is C21H36O6. The van der Waals surface area contributed by atoms with Gasteiger partial charge in [0.15, 0.2) is 6.29 Å². The lowest BCUT2D eigenvalue weighted by Crippen LogP contribution is -2.60. The van der Waals surface area contributed by atoms with Gasteiger partial charge in [0.05, 0.1) is 12.2 Å². The number of aliphatic hydroxyl groups is 4. The fraction of sp³-hybridized carbons (Fsp3) is 0.810. The van der Waals surface area contributed by atoms with Crippen molar-refractivity contribution in [3.8, 4) is 0 Å². The summed E-state index contributed by atoms with van der Waals surface area (Å²) in [6, 6.07) is 0. The van der Waals surface area contributed by atoms with E-state index in [1.165, 1.54) is 5.57 Å². The Hall–Kier alpha value is -0.760. The molecule has 0 bridgehead atoms. The molecule has 1 aliphatic carbocycles. The van der Waals surface area contributed by atoms with Crippen molar-refractivity contribution in [2.24, 2.45) is 11.8 Å². The van der Waals surface area contributed by atoms with Crippen molar-refractivity contribution in [3.63, 3.8) is 0 Å². The summed E-state index contributed by atoms with van der Waals surface area (Å²) >= 11 is 0. The Morgan fingerprint density at radius 2 is 1.93 bits per heavy atom. The number of hydrogen-bond donors (Lipinski definition) is 4. The third kappa shape index (κ3) is 5.86. The second-order valence-electron chi connectivity index (χ2n) is 8.52. The summed E-state index contributed by atoms with van der Waals surface area (Å²) in [5.41, 5.74) is 0.667. The number of aliphatic hydroxyl groups excluding tert-OH is 4. The molecule has 0 aromatic heterocycles. The van der Waals surface area contributed by atoms with E-state index in [1.807, 2.05) is 13.0 Å². The summed E-state index contributed by atoms with van der Waals surface area (Å²) in [5, 5.41) is 39.6. The maximum absolute atomic E-state index is 10.3. The van der Waals surface area contributed by atoms with Gasteiger partial charge in [-0.3, -0.25) is 0 Å². The molecule has 4 N–H and O–H groups in total. The van der Waals surface area contributed by atoms with Crippen LogP contribution in [0.25, 0.3) is 0 Å². The standard InChI is InChI=1S/C21H36O6/c1-13(2)15-8-7-14(3)6-5-10-21(4,11-9-15)27-20-19(25)18(24)17(23)16(12-22)26-20/h6,9,11,13,15-20,22-25H,5,7-8,10,12H2,1-4H3. The molecule has 7 unspecified atom stereocenters. The third-order valence-corrected chi connectivity index (χ3v) is 5.79. The van der Waals surface area contributed by atoms with Crippen LogP contribution in [-0.2, 0) is 9.47 Å². The lowest BCUT2D eigenvalue weighted by Gasteiger charge is -2.43. The van der Waals surface area contributed by atoms with Crippen LogP contribution in [0.3, 0.4) is 0 Å². The molecule has 2 aliphatic rings. The SMILES string of the molecule is CC1=CCCC(C)(OC2OC(CO)C(O)C(O)C2O)C=CC(C(C)C)CC1. The van der Waals surface area contributed by atoms with E-state index >= 15 is 0 Å². The van der Waals surface area contributed by atoms with Gasteiger partial charge in [0, 0.05) is 0 Å². The highest BCUT2D eigenvalue weighted by Crippen LogP contribution is 2.32. The zero-order valence-electron chi connectivity index (χ0n) is 16.9. The van der Waals surface area contributed by atoms with Gasteiger partial charge < -0.3 is 29.9 Å². The van der Waals surface area contributed by atoms with Crippen molar-refractivity contribution in [3.05, 3.63) is 23.8 Å². The van der Waals surface area contributed by atoms with Crippen molar-refractivity contribution in [1.82, 2.24) is 0 Å². The van der Waals surface area contributed by atoms with Gasteiger partial charge in [-0.1, -0.05) is 37.6 Å². The third-order valence-electron chi connectivity index (χ3n) is 5.79. The molecule has 1 saturated heterocycles. The lowest BCUT2D eigenvalue weighted by atomic mass is 9.85. The van der Waals surface area contributed by atoms with Gasteiger partial charge in [-0.2, -0.15) is 0 Å². The van der Waals surface area contributed by atoms with Crippen LogP contribution in [0.2, 0.25) is 0 Å². The molecule has 7 atom stereocenters. The minimum atomic E-state index is -1.43. The molecule has 2 rings (SSSR count). The Balaban J connectivity index is 2.20. The molecule has 0 spiro atoms. The van der Waals surface area contributed by atoms with Gasteiger partial charge in [-0.15, -0.1) is 0 Å². The molecule has 0 radical (unpaired) electrons. The molecule has 0 saturated carbocycles. The van der Waals surface area contributed by atoms with E-state index in [1.54, 1.807) is 0 Å². The van der Waals surface area contributed by atoms with Gasteiger partial charge in [0.2, 0.25) is 0 Å². The predicted octanol–water partition coefficient (Wildman–Crippen LogP) is 1.91. The molecule has 6 nitrogen and oxygen atoms in total. The topological polar surface area (TPSA) is 99.4 Å². The van der Waals surface area contributed by atoms with Gasteiger partial charge in [-0.05, 0) is 51.4 Å². The van der Waals surface area contributed by atoms with E-state index in [-0.39, 0.29) is 0 Å². The first-order valence-electron chi connectivity index (χ1n) is 10.00. The van der Waals surface area contributed by atoms with Gasteiger partial charge >= 0.3 is 0 Å². The van der Waals surface area contributed by atoms with E-state index in [0.717, 1.165) is 19.3 Å². The Morgan fingerprint density at radius 3 is 2.56 bits per heavy atom. The monoisotopic (exact) mass is 384 g/mol. The van der Waals surface area contributed by atoms with Gasteiger partial charge in [-0.25, -0.2) is 0 Å². The van der Waals surface area contributed by atoms with E-state index in [9.17, 15) is 20.4 Å². The Morgan fingerprint density at radius 1 is 1.22 bits per heavy atom. The largest absolute Gasteiger partial charge is 0.394 e. The van der Waals surface area contributed by atoms with Crippen LogP contribution in [-0.4, -0.2) is 63.3 Å². The molecule has 27 heavy (non-hydrogen) atoms. The number of rotatable bonds is 4. The summed E-state index contributed by atoms with van der Waals surface area (Å²) in [6.45, 7) is 8.03. The molecule has 156 valence electrons. The normalized spacial score (nSPS) is 41.4. The molecule has 1 fully saturated rings. The zero-order valence-corrected chi connectivity index (χ0v) is 16.9. The van der Waals surface area contributed by atoms with E-state index in [2.05, 4.69) is 32.9 Å². The van der Waals surface area contributed by atoms with Crippen LogP contribution in [0.4, 0.5) is 0 Å². The maximum Gasteiger partial charge on any atom is 0.187 e. The van der Waals surface area contributed by atoms with Crippen molar-refractivity contribution in [1.29, 1.82) is 0 Å². The van der Waals surface area contributed by atoms with Crippen LogP contribution in [0, 0.1) is 11.8 Å². The molecule has 6 heteroatoms. The number of ether oxygens (including phenoxy) is 2. The Labute approximate surface area is 162 Å². The van der Waals surface area contributed by atoms with Crippen LogP contribution in [0.15, 0.2) is 23.8 Å². The number of hydrogen-bond acceptors (Lipinski definition) is 6. The average Bonchev–Trinajstić information content (AvgIpc) is 2.61. The molecule has 1 aliphatic heterocycles. The molecule has 0 aromatic rings. The van der Waals surface area contributed by atoms with Crippen molar-refractivity contribution in [2.75, 3.05) is 6.61 Å².